The first-order valence-corrected chi connectivity index (χ1v) is 7.23. The van der Waals surface area contributed by atoms with E-state index in [9.17, 15) is 13.6 Å². The highest BCUT2D eigenvalue weighted by Crippen LogP contribution is 2.47. The van der Waals surface area contributed by atoms with Crippen LogP contribution in [0, 0.1) is 23.5 Å². The number of carbonyl (C=O) groups is 1. The van der Waals surface area contributed by atoms with Gasteiger partial charge in [0.05, 0.1) is 5.69 Å². The van der Waals surface area contributed by atoms with Crippen LogP contribution in [-0.4, -0.2) is 25.2 Å². The maximum Gasteiger partial charge on any atom is 0.247 e. The predicted octanol–water partition coefficient (Wildman–Crippen LogP) is 2.53. The molecule has 1 saturated carbocycles. The molecule has 1 aliphatic carbocycles. The molecule has 4 nitrogen and oxygen atoms in total. The van der Waals surface area contributed by atoms with Gasteiger partial charge >= 0.3 is 0 Å². The third kappa shape index (κ3) is 2.09. The number of carbonyl (C=O) groups excluding carboxylic acids is 1. The Labute approximate surface area is 121 Å². The molecule has 110 valence electrons. The van der Waals surface area contributed by atoms with Crippen molar-refractivity contribution in [2.45, 2.75) is 19.3 Å². The number of benzene rings is 1. The van der Waals surface area contributed by atoms with Gasteiger partial charge in [0, 0.05) is 37.9 Å². The van der Waals surface area contributed by atoms with Crippen LogP contribution in [0.2, 0.25) is 0 Å². The lowest BCUT2D eigenvalue weighted by atomic mass is 10.2. The topological polar surface area (TPSA) is 35.9 Å². The van der Waals surface area contributed by atoms with Gasteiger partial charge in [-0.1, -0.05) is 0 Å². The Morgan fingerprint density at radius 3 is 2.43 bits per heavy atom. The van der Waals surface area contributed by atoms with E-state index in [1.807, 2.05) is 0 Å². The first kappa shape index (κ1) is 12.7. The van der Waals surface area contributed by atoms with Gasteiger partial charge in [-0.3, -0.25) is 4.79 Å². The van der Waals surface area contributed by atoms with Crippen LogP contribution in [0.25, 0.3) is 0 Å². The number of hydrazone groups is 1. The summed E-state index contributed by atoms with van der Waals surface area (Å²) in [7, 11) is 0. The van der Waals surface area contributed by atoms with E-state index in [0.29, 0.717) is 24.7 Å². The minimum absolute atomic E-state index is 0.0272. The zero-order valence-electron chi connectivity index (χ0n) is 11.4. The second kappa shape index (κ2) is 4.51. The fourth-order valence-electron chi connectivity index (χ4n) is 3.27. The van der Waals surface area contributed by atoms with Crippen LogP contribution < -0.4 is 9.91 Å². The second-order valence-electron chi connectivity index (χ2n) is 5.96. The van der Waals surface area contributed by atoms with Crippen LogP contribution in [0.1, 0.15) is 19.3 Å². The molecule has 0 N–H and O–H groups in total. The van der Waals surface area contributed by atoms with Gasteiger partial charge in [-0.05, 0) is 24.7 Å². The molecule has 2 fully saturated rings. The van der Waals surface area contributed by atoms with Gasteiger partial charge in [-0.2, -0.15) is 5.10 Å². The number of rotatable bonds is 2. The lowest BCUT2D eigenvalue weighted by Gasteiger charge is -2.24. The molecule has 0 spiro atoms. The second-order valence-corrected chi connectivity index (χ2v) is 5.96. The quantitative estimate of drug-likeness (QED) is 0.839. The summed E-state index contributed by atoms with van der Waals surface area (Å²) in [5.74, 6) is -0.306. The van der Waals surface area contributed by atoms with Crippen LogP contribution in [0.4, 0.5) is 20.2 Å². The van der Waals surface area contributed by atoms with Crippen molar-refractivity contribution in [3.63, 3.8) is 0 Å². The van der Waals surface area contributed by atoms with Gasteiger partial charge in [-0.25, -0.2) is 13.8 Å². The molecule has 6 heteroatoms. The molecule has 1 amide bonds. The Hall–Kier alpha value is -1.98. The SMILES string of the molecule is O=C1CCC=NN1c1cc(F)c(N2CC3CC3C2)c(F)c1. The van der Waals surface area contributed by atoms with Crippen molar-refractivity contribution in [3.8, 4) is 0 Å². The zero-order chi connectivity index (χ0) is 14.6. The number of halogens is 2. The number of amides is 1. The van der Waals surface area contributed by atoms with Gasteiger partial charge in [0.1, 0.15) is 5.69 Å². The summed E-state index contributed by atoms with van der Waals surface area (Å²) >= 11 is 0. The molecule has 1 aromatic carbocycles. The minimum Gasteiger partial charge on any atom is -0.366 e. The standard InChI is InChI=1S/C15H15F2N3O/c16-12-5-11(20-14(21)2-1-3-18-20)6-13(17)15(12)19-7-9-4-10(9)8-19/h3,5-6,9-10H,1-2,4,7-8H2. The molecule has 2 aliphatic heterocycles. The molecule has 0 bridgehead atoms. The van der Waals surface area contributed by atoms with Crippen LogP contribution in [0.5, 0.6) is 0 Å². The number of fused-ring (bicyclic) bond motifs is 1. The molecule has 3 aliphatic rings. The Kier molecular flexibility index (Phi) is 2.74. The largest absolute Gasteiger partial charge is 0.366 e. The van der Waals surface area contributed by atoms with Crippen molar-refractivity contribution in [2.75, 3.05) is 23.0 Å². The van der Waals surface area contributed by atoms with Crippen molar-refractivity contribution < 1.29 is 13.6 Å². The van der Waals surface area contributed by atoms with E-state index in [1.54, 1.807) is 11.1 Å². The lowest BCUT2D eigenvalue weighted by molar-refractivity contribution is -0.118. The molecule has 4 rings (SSSR count). The highest BCUT2D eigenvalue weighted by atomic mass is 19.1. The van der Waals surface area contributed by atoms with Crippen molar-refractivity contribution in [2.24, 2.45) is 16.9 Å². The molecular weight excluding hydrogens is 276 g/mol. The van der Waals surface area contributed by atoms with Crippen molar-refractivity contribution in [1.29, 1.82) is 0 Å². The number of hydrogen-bond donors (Lipinski definition) is 0. The molecule has 1 saturated heterocycles. The van der Waals surface area contributed by atoms with Crippen molar-refractivity contribution in [3.05, 3.63) is 23.8 Å². The monoisotopic (exact) mass is 291 g/mol. The first-order chi connectivity index (χ1) is 10.1. The average Bonchev–Trinajstić information content (AvgIpc) is 3.05. The first-order valence-electron chi connectivity index (χ1n) is 7.23. The van der Waals surface area contributed by atoms with Crippen molar-refractivity contribution in [1.82, 2.24) is 0 Å². The molecular formula is C15H15F2N3O. The molecule has 0 radical (unpaired) electrons. The fraction of sp³-hybridized carbons (Fsp3) is 0.467. The van der Waals surface area contributed by atoms with Crippen molar-refractivity contribution >= 4 is 23.5 Å². The summed E-state index contributed by atoms with van der Waals surface area (Å²) < 4.78 is 28.6. The van der Waals surface area contributed by atoms with E-state index in [0.717, 1.165) is 18.1 Å². The van der Waals surface area contributed by atoms with E-state index >= 15 is 0 Å². The highest BCUT2D eigenvalue weighted by Gasteiger charge is 2.46. The maximum atomic E-state index is 14.3. The molecule has 2 atom stereocenters. The lowest BCUT2D eigenvalue weighted by Crippen LogP contribution is -2.29. The Balaban J connectivity index is 1.67. The van der Waals surface area contributed by atoms with Crippen LogP contribution in [-0.2, 0) is 4.79 Å². The van der Waals surface area contributed by atoms with E-state index in [1.165, 1.54) is 18.6 Å². The van der Waals surface area contributed by atoms with Crippen LogP contribution in [0.3, 0.4) is 0 Å². The fourth-order valence-corrected chi connectivity index (χ4v) is 3.27. The van der Waals surface area contributed by atoms with E-state index < -0.39 is 11.6 Å². The highest BCUT2D eigenvalue weighted by molar-refractivity contribution is 5.97. The molecule has 0 aromatic heterocycles. The Morgan fingerprint density at radius 2 is 1.81 bits per heavy atom. The number of piperidine rings is 1. The summed E-state index contributed by atoms with van der Waals surface area (Å²) in [5.41, 5.74) is 0.179. The van der Waals surface area contributed by atoms with Gasteiger partial charge in [0.25, 0.3) is 0 Å². The smallest absolute Gasteiger partial charge is 0.247 e. The third-order valence-electron chi connectivity index (χ3n) is 4.46. The average molecular weight is 291 g/mol. The molecule has 2 heterocycles. The van der Waals surface area contributed by atoms with Crippen LogP contribution >= 0.6 is 0 Å². The number of hydrogen-bond acceptors (Lipinski definition) is 3. The van der Waals surface area contributed by atoms with E-state index in [4.69, 9.17) is 0 Å². The molecule has 1 aromatic rings. The van der Waals surface area contributed by atoms with E-state index in [-0.39, 0.29) is 17.3 Å². The van der Waals surface area contributed by atoms with Gasteiger partial charge < -0.3 is 4.90 Å². The summed E-state index contributed by atoms with van der Waals surface area (Å²) in [5, 5.41) is 4.99. The zero-order valence-corrected chi connectivity index (χ0v) is 11.4. The van der Waals surface area contributed by atoms with E-state index in [2.05, 4.69) is 5.10 Å². The van der Waals surface area contributed by atoms with Gasteiger partial charge in [-0.15, -0.1) is 0 Å². The van der Waals surface area contributed by atoms with Crippen LogP contribution in [0.15, 0.2) is 17.2 Å². The van der Waals surface area contributed by atoms with Gasteiger partial charge in [0.15, 0.2) is 11.6 Å². The molecule has 21 heavy (non-hydrogen) atoms. The number of anilines is 2. The van der Waals surface area contributed by atoms with Gasteiger partial charge in [0.2, 0.25) is 5.91 Å². The normalized spacial score (nSPS) is 27.2. The summed E-state index contributed by atoms with van der Waals surface area (Å²) in [6.07, 6.45) is 3.63. The maximum absolute atomic E-state index is 14.3. The molecule has 2 unspecified atom stereocenters. The summed E-state index contributed by atoms with van der Waals surface area (Å²) in [6, 6.07) is 2.39. The summed E-state index contributed by atoms with van der Waals surface area (Å²) in [6.45, 7) is 1.44. The Morgan fingerprint density at radius 1 is 1.14 bits per heavy atom. The third-order valence-corrected chi connectivity index (χ3v) is 4.46. The predicted molar refractivity (Wildman–Crippen MR) is 75.4 cm³/mol. The minimum atomic E-state index is -0.625. The number of nitrogens with zero attached hydrogens (tertiary/aromatic N) is 3. The summed E-state index contributed by atoms with van der Waals surface area (Å²) in [4.78, 5) is 13.5. The Bertz CT molecular complexity index is 613.